The van der Waals surface area contributed by atoms with Gasteiger partial charge in [0.15, 0.2) is 6.61 Å². The molecule has 1 aromatic heterocycles. The van der Waals surface area contributed by atoms with Gasteiger partial charge in [-0.15, -0.1) is 0 Å². The number of aromatic nitrogens is 2. The molecule has 0 saturated heterocycles. The van der Waals surface area contributed by atoms with Crippen LogP contribution in [0.2, 0.25) is 5.02 Å². The summed E-state index contributed by atoms with van der Waals surface area (Å²) in [7, 11) is 0. The van der Waals surface area contributed by atoms with Crippen LogP contribution in [0.5, 0.6) is 11.5 Å². The number of nitrogens with zero attached hydrogens (tertiary/aromatic N) is 3. The summed E-state index contributed by atoms with van der Waals surface area (Å²) in [6.07, 6.45) is 0.392. The van der Waals surface area contributed by atoms with Gasteiger partial charge < -0.3 is 19.5 Å². The van der Waals surface area contributed by atoms with Crippen LogP contribution < -0.4 is 14.4 Å². The number of carboxylic acids is 1. The summed E-state index contributed by atoms with van der Waals surface area (Å²) in [6, 6.07) is 6.93. The van der Waals surface area contributed by atoms with E-state index >= 15 is 0 Å². The minimum absolute atomic E-state index is 0.0488. The van der Waals surface area contributed by atoms with E-state index in [0.717, 1.165) is 11.4 Å². The van der Waals surface area contributed by atoms with Crippen molar-refractivity contribution in [2.45, 2.75) is 19.8 Å². The summed E-state index contributed by atoms with van der Waals surface area (Å²) < 4.78 is 11.2. The number of carbonyl (C=O) groups is 2. The second-order valence-corrected chi connectivity index (χ2v) is 6.40. The first-order chi connectivity index (χ1) is 12.9. The Bertz CT molecular complexity index is 857. The lowest BCUT2D eigenvalue weighted by molar-refractivity contribution is -0.136. The molecule has 3 rings (SSSR count). The molecule has 0 radical (unpaired) electrons. The van der Waals surface area contributed by atoms with E-state index in [1.807, 2.05) is 19.1 Å². The molecule has 9 heteroatoms. The van der Waals surface area contributed by atoms with Crippen molar-refractivity contribution in [1.29, 1.82) is 0 Å². The number of amides is 1. The summed E-state index contributed by atoms with van der Waals surface area (Å²) in [5.41, 5.74) is 2.09. The lowest BCUT2D eigenvalue weighted by atomic mass is 10.2. The number of carboxylic acid groups (broad SMARTS) is 1. The fourth-order valence-corrected chi connectivity index (χ4v) is 2.80. The van der Waals surface area contributed by atoms with Crippen LogP contribution in [0.25, 0.3) is 0 Å². The highest BCUT2D eigenvalue weighted by Crippen LogP contribution is 2.40. The van der Waals surface area contributed by atoms with Crippen LogP contribution in [-0.2, 0) is 16.0 Å². The Morgan fingerprint density at radius 1 is 1.37 bits per heavy atom. The molecule has 1 aromatic carbocycles. The van der Waals surface area contributed by atoms with E-state index < -0.39 is 5.97 Å². The van der Waals surface area contributed by atoms with E-state index in [1.54, 1.807) is 12.1 Å². The van der Waals surface area contributed by atoms with E-state index in [-0.39, 0.29) is 25.5 Å². The van der Waals surface area contributed by atoms with E-state index in [4.69, 9.17) is 26.2 Å². The van der Waals surface area contributed by atoms with Gasteiger partial charge >= 0.3 is 5.97 Å². The summed E-state index contributed by atoms with van der Waals surface area (Å²) in [4.78, 5) is 24.2. The van der Waals surface area contributed by atoms with Crippen molar-refractivity contribution in [1.82, 2.24) is 10.2 Å². The Morgan fingerprint density at radius 2 is 2.19 bits per heavy atom. The maximum atomic E-state index is 12.0. The fraction of sp³-hybridized carbons (Fsp3) is 0.333. The van der Waals surface area contributed by atoms with E-state index in [0.29, 0.717) is 35.2 Å². The van der Waals surface area contributed by atoms with Gasteiger partial charge in [0.2, 0.25) is 0 Å². The Kier molecular flexibility index (Phi) is 5.75. The minimum Gasteiger partial charge on any atom is -0.491 e. The number of ether oxygens (including phenoxy) is 2. The van der Waals surface area contributed by atoms with Crippen molar-refractivity contribution in [3.05, 3.63) is 40.7 Å². The smallest absolute Gasteiger partial charge is 0.305 e. The van der Waals surface area contributed by atoms with Crippen LogP contribution in [0.4, 0.5) is 5.69 Å². The van der Waals surface area contributed by atoms with Gasteiger partial charge in [0, 0.05) is 19.0 Å². The third kappa shape index (κ3) is 4.65. The molecule has 1 N–H and O–H groups in total. The summed E-state index contributed by atoms with van der Waals surface area (Å²) >= 11 is 6.28. The Hall–Kier alpha value is -2.87. The second-order valence-electron chi connectivity index (χ2n) is 5.99. The number of aliphatic carboxylic acids is 1. The first kappa shape index (κ1) is 18.9. The maximum absolute atomic E-state index is 12.0. The molecule has 2 aromatic rings. The lowest BCUT2D eigenvalue weighted by Crippen LogP contribution is -2.40. The molecular formula is C18H18ClN3O5. The molecule has 0 saturated carbocycles. The van der Waals surface area contributed by atoms with Crippen molar-refractivity contribution < 1.29 is 24.2 Å². The fourth-order valence-electron chi connectivity index (χ4n) is 2.59. The molecule has 8 nitrogen and oxygen atoms in total. The number of rotatable bonds is 7. The normalized spacial score (nSPS) is 13.1. The number of fused-ring (bicyclic) bond motifs is 1. The predicted molar refractivity (Wildman–Crippen MR) is 97.5 cm³/mol. The predicted octanol–water partition coefficient (Wildman–Crippen LogP) is 2.26. The monoisotopic (exact) mass is 391 g/mol. The van der Waals surface area contributed by atoms with Gasteiger partial charge in [0.25, 0.3) is 5.91 Å². The highest BCUT2D eigenvalue weighted by atomic mass is 35.5. The Labute approximate surface area is 160 Å². The SMILES string of the molecule is Cc1ccc(CCOc2cc3c(cc2Cl)N(CCC(=O)O)C(=O)CO3)nn1. The first-order valence-electron chi connectivity index (χ1n) is 8.34. The van der Waals surface area contributed by atoms with Crippen molar-refractivity contribution in [3.8, 4) is 11.5 Å². The largest absolute Gasteiger partial charge is 0.491 e. The Morgan fingerprint density at radius 3 is 2.89 bits per heavy atom. The molecule has 0 fully saturated rings. The molecule has 27 heavy (non-hydrogen) atoms. The average Bonchev–Trinajstić information content (AvgIpc) is 2.63. The van der Waals surface area contributed by atoms with E-state index in [2.05, 4.69) is 10.2 Å². The average molecular weight is 392 g/mol. The van der Waals surface area contributed by atoms with Crippen LogP contribution in [0.1, 0.15) is 17.8 Å². The summed E-state index contributed by atoms with van der Waals surface area (Å²) in [5, 5.41) is 17.2. The standard InChI is InChI=1S/C18H18ClN3O5/c1-11-2-3-12(21-20-11)5-7-26-15-9-16-14(8-13(15)19)22(6-4-18(24)25)17(23)10-27-16/h2-3,8-9H,4-7,10H2,1H3,(H,24,25). The number of halogens is 1. The molecule has 0 spiro atoms. The van der Waals surface area contributed by atoms with Gasteiger partial charge in [-0.25, -0.2) is 0 Å². The number of carbonyl (C=O) groups excluding carboxylic acids is 1. The molecule has 0 aliphatic carbocycles. The van der Waals surface area contributed by atoms with Crippen LogP contribution in [0.15, 0.2) is 24.3 Å². The van der Waals surface area contributed by atoms with Gasteiger partial charge in [-0.05, 0) is 25.1 Å². The number of hydrogen-bond acceptors (Lipinski definition) is 6. The molecule has 1 aliphatic heterocycles. The quantitative estimate of drug-likeness (QED) is 0.772. The molecular weight excluding hydrogens is 374 g/mol. The van der Waals surface area contributed by atoms with Gasteiger partial charge in [0.1, 0.15) is 11.5 Å². The highest BCUT2D eigenvalue weighted by molar-refractivity contribution is 6.32. The minimum atomic E-state index is -0.985. The van der Waals surface area contributed by atoms with Crippen molar-refractivity contribution in [2.24, 2.45) is 0 Å². The molecule has 1 amide bonds. The van der Waals surface area contributed by atoms with Crippen molar-refractivity contribution in [2.75, 3.05) is 24.7 Å². The van der Waals surface area contributed by atoms with Crippen LogP contribution in [0, 0.1) is 6.92 Å². The molecule has 2 heterocycles. The lowest BCUT2D eigenvalue weighted by Gasteiger charge is -2.29. The summed E-state index contributed by atoms with van der Waals surface area (Å²) in [5.74, 6) is -0.454. The van der Waals surface area contributed by atoms with Crippen molar-refractivity contribution in [3.63, 3.8) is 0 Å². The molecule has 142 valence electrons. The van der Waals surface area contributed by atoms with Gasteiger partial charge in [-0.2, -0.15) is 10.2 Å². The number of hydrogen-bond donors (Lipinski definition) is 1. The summed E-state index contributed by atoms with van der Waals surface area (Å²) in [6.45, 7) is 2.10. The van der Waals surface area contributed by atoms with Gasteiger partial charge in [0.05, 0.1) is 35.1 Å². The number of anilines is 1. The zero-order valence-corrected chi connectivity index (χ0v) is 15.4. The Balaban J connectivity index is 1.70. The van der Waals surface area contributed by atoms with E-state index in [9.17, 15) is 9.59 Å². The number of benzene rings is 1. The zero-order chi connectivity index (χ0) is 19.4. The highest BCUT2D eigenvalue weighted by Gasteiger charge is 2.27. The molecule has 0 bridgehead atoms. The van der Waals surface area contributed by atoms with Gasteiger partial charge in [-0.1, -0.05) is 11.6 Å². The zero-order valence-electron chi connectivity index (χ0n) is 14.6. The number of aryl methyl sites for hydroxylation is 1. The third-order valence-corrected chi connectivity index (χ3v) is 4.27. The van der Waals surface area contributed by atoms with Gasteiger partial charge in [-0.3, -0.25) is 9.59 Å². The van der Waals surface area contributed by atoms with E-state index in [1.165, 1.54) is 4.90 Å². The van der Waals surface area contributed by atoms with Crippen LogP contribution in [-0.4, -0.2) is 46.9 Å². The maximum Gasteiger partial charge on any atom is 0.305 e. The van der Waals surface area contributed by atoms with Crippen LogP contribution in [0.3, 0.4) is 0 Å². The molecule has 1 aliphatic rings. The second kappa shape index (κ2) is 8.22. The molecule has 0 unspecified atom stereocenters. The van der Waals surface area contributed by atoms with Crippen molar-refractivity contribution >= 4 is 29.2 Å². The van der Waals surface area contributed by atoms with Crippen LogP contribution >= 0.6 is 11.6 Å². The molecule has 0 atom stereocenters. The topological polar surface area (TPSA) is 102 Å². The third-order valence-electron chi connectivity index (χ3n) is 3.97. The first-order valence-corrected chi connectivity index (χ1v) is 8.72.